The Kier molecular flexibility index (Phi) is 2.24. The van der Waals surface area contributed by atoms with Gasteiger partial charge < -0.3 is 0 Å². The minimum atomic E-state index is 1.03. The van der Waals surface area contributed by atoms with E-state index in [2.05, 4.69) is 24.6 Å². The van der Waals surface area contributed by atoms with Crippen LogP contribution in [0.5, 0.6) is 0 Å². The molecule has 0 fully saturated rings. The van der Waals surface area contributed by atoms with Crippen molar-refractivity contribution in [3.63, 3.8) is 0 Å². The van der Waals surface area contributed by atoms with Gasteiger partial charge in [-0.25, -0.2) is 0 Å². The van der Waals surface area contributed by atoms with Crippen LogP contribution in [0, 0.1) is 0 Å². The van der Waals surface area contributed by atoms with Gasteiger partial charge in [0, 0.05) is 12.4 Å². The molecular weight excluding hydrogens is 122 g/mol. The van der Waals surface area contributed by atoms with Crippen LogP contribution in [0.25, 0.3) is 0 Å². The summed E-state index contributed by atoms with van der Waals surface area (Å²) in [5.74, 6) is 0. The second-order valence-corrected chi connectivity index (χ2v) is 2.24. The maximum absolute atomic E-state index is 4.05. The minimum Gasteiger partial charge on any atom is -0.264 e. The molecule has 0 radical (unpaired) electrons. The Labute approximate surface area is 61.5 Å². The lowest BCUT2D eigenvalue weighted by molar-refractivity contribution is 1.10. The summed E-state index contributed by atoms with van der Waals surface area (Å²) >= 11 is 0. The molecule has 0 aromatic rings. The van der Waals surface area contributed by atoms with Crippen molar-refractivity contribution in [3.05, 3.63) is 29.2 Å². The molecule has 0 amide bonds. The first-order valence-electron chi connectivity index (χ1n) is 3.49. The van der Waals surface area contributed by atoms with Gasteiger partial charge in [-0.2, -0.15) is 0 Å². The topological polar surface area (TPSA) is 12.4 Å². The van der Waals surface area contributed by atoms with Gasteiger partial charge in [-0.15, -0.1) is 5.73 Å². The molecule has 0 bridgehead atoms. The van der Waals surface area contributed by atoms with Crippen LogP contribution in [0.1, 0.15) is 20.3 Å². The third-order valence-electron chi connectivity index (χ3n) is 1.55. The van der Waals surface area contributed by atoms with Crippen LogP contribution in [0.2, 0.25) is 0 Å². The van der Waals surface area contributed by atoms with E-state index < -0.39 is 0 Å². The standard InChI is InChI=1S/C9H11N/c1-3-9-7-10-6-4-5-8(9)2/h4,6-7H,3H2,1-2H3. The molecule has 0 aromatic heterocycles. The van der Waals surface area contributed by atoms with Gasteiger partial charge >= 0.3 is 0 Å². The second kappa shape index (κ2) is 3.19. The lowest BCUT2D eigenvalue weighted by Gasteiger charge is -1.97. The van der Waals surface area contributed by atoms with E-state index >= 15 is 0 Å². The quantitative estimate of drug-likeness (QED) is 0.487. The average Bonchev–Trinajstić information content (AvgIpc) is 2.13. The van der Waals surface area contributed by atoms with E-state index in [1.54, 1.807) is 6.21 Å². The molecule has 0 aromatic carbocycles. The summed E-state index contributed by atoms with van der Waals surface area (Å²) in [7, 11) is 0. The lowest BCUT2D eigenvalue weighted by atomic mass is 10.1. The Morgan fingerprint density at radius 3 is 3.10 bits per heavy atom. The van der Waals surface area contributed by atoms with Gasteiger partial charge in [-0.05, 0) is 30.6 Å². The molecule has 0 saturated carbocycles. The molecule has 0 N–H and O–H groups in total. The van der Waals surface area contributed by atoms with Crippen molar-refractivity contribution in [3.8, 4) is 0 Å². The van der Waals surface area contributed by atoms with Crippen molar-refractivity contribution < 1.29 is 0 Å². The molecule has 1 heterocycles. The predicted molar refractivity (Wildman–Crippen MR) is 44.1 cm³/mol. The Balaban J connectivity index is 2.98. The van der Waals surface area contributed by atoms with E-state index in [1.165, 1.54) is 11.1 Å². The maximum Gasteiger partial charge on any atom is 0.0345 e. The van der Waals surface area contributed by atoms with Crippen LogP contribution in [0.4, 0.5) is 0 Å². The normalized spacial score (nSPS) is 16.2. The SMILES string of the molecule is CCC1=CN=CC=C=C1C. The molecule has 0 atom stereocenters. The summed E-state index contributed by atoms with van der Waals surface area (Å²) in [4.78, 5) is 4.05. The van der Waals surface area contributed by atoms with E-state index in [9.17, 15) is 0 Å². The van der Waals surface area contributed by atoms with Gasteiger partial charge in [0.05, 0.1) is 0 Å². The van der Waals surface area contributed by atoms with Crippen molar-refractivity contribution in [2.45, 2.75) is 20.3 Å². The van der Waals surface area contributed by atoms with Gasteiger partial charge in [0.15, 0.2) is 0 Å². The van der Waals surface area contributed by atoms with Crippen LogP contribution in [-0.2, 0) is 0 Å². The van der Waals surface area contributed by atoms with Gasteiger partial charge in [0.1, 0.15) is 0 Å². The number of rotatable bonds is 1. The van der Waals surface area contributed by atoms with Gasteiger partial charge in [-0.1, -0.05) is 6.92 Å². The van der Waals surface area contributed by atoms with E-state index in [0.717, 1.165) is 6.42 Å². The highest BCUT2D eigenvalue weighted by Crippen LogP contribution is 2.12. The Hall–Kier alpha value is -1.07. The molecule has 0 spiro atoms. The molecule has 1 heteroatoms. The van der Waals surface area contributed by atoms with Crippen LogP contribution >= 0.6 is 0 Å². The first-order chi connectivity index (χ1) is 4.84. The highest BCUT2D eigenvalue weighted by Gasteiger charge is 1.95. The van der Waals surface area contributed by atoms with Gasteiger partial charge in [0.25, 0.3) is 0 Å². The first-order valence-corrected chi connectivity index (χ1v) is 3.49. The second-order valence-electron chi connectivity index (χ2n) is 2.24. The van der Waals surface area contributed by atoms with E-state index in [0.29, 0.717) is 0 Å². The van der Waals surface area contributed by atoms with E-state index in [4.69, 9.17) is 0 Å². The predicted octanol–water partition coefficient (Wildman–Crippen LogP) is 2.47. The van der Waals surface area contributed by atoms with Gasteiger partial charge in [0.2, 0.25) is 0 Å². The van der Waals surface area contributed by atoms with Crippen molar-refractivity contribution in [2.24, 2.45) is 4.99 Å². The number of aliphatic imine (C=N–C) groups is 1. The third-order valence-corrected chi connectivity index (χ3v) is 1.55. The fourth-order valence-electron chi connectivity index (χ4n) is 0.884. The highest BCUT2D eigenvalue weighted by atomic mass is 14.7. The summed E-state index contributed by atoms with van der Waals surface area (Å²) in [5.41, 5.74) is 5.58. The molecule has 1 aliphatic heterocycles. The molecular formula is C9H11N. The van der Waals surface area contributed by atoms with Crippen molar-refractivity contribution in [1.29, 1.82) is 0 Å². The van der Waals surface area contributed by atoms with Gasteiger partial charge in [-0.3, -0.25) is 4.99 Å². The molecule has 10 heavy (non-hydrogen) atoms. The zero-order valence-corrected chi connectivity index (χ0v) is 6.39. The zero-order valence-electron chi connectivity index (χ0n) is 6.39. The zero-order chi connectivity index (χ0) is 7.40. The number of hydrogen-bond acceptors (Lipinski definition) is 1. The van der Waals surface area contributed by atoms with Crippen molar-refractivity contribution in [2.75, 3.05) is 0 Å². The summed E-state index contributed by atoms with van der Waals surface area (Å²) in [6, 6.07) is 0. The number of hydrogen-bond donors (Lipinski definition) is 0. The minimum absolute atomic E-state index is 1.03. The summed E-state index contributed by atoms with van der Waals surface area (Å²) in [5, 5.41) is 0. The summed E-state index contributed by atoms with van der Waals surface area (Å²) in [6.45, 7) is 4.18. The average molecular weight is 133 g/mol. The van der Waals surface area contributed by atoms with Crippen molar-refractivity contribution >= 4 is 6.21 Å². The smallest absolute Gasteiger partial charge is 0.0345 e. The Morgan fingerprint density at radius 2 is 2.40 bits per heavy atom. The first kappa shape index (κ1) is 7.04. The summed E-state index contributed by atoms with van der Waals surface area (Å²) < 4.78 is 0. The molecule has 1 rings (SSSR count). The maximum atomic E-state index is 4.05. The monoisotopic (exact) mass is 133 g/mol. The fourth-order valence-corrected chi connectivity index (χ4v) is 0.884. The molecule has 1 aliphatic rings. The molecule has 0 unspecified atom stereocenters. The Bertz CT molecular complexity index is 237. The Morgan fingerprint density at radius 1 is 1.60 bits per heavy atom. The van der Waals surface area contributed by atoms with Crippen LogP contribution in [-0.4, -0.2) is 6.21 Å². The van der Waals surface area contributed by atoms with E-state index in [-0.39, 0.29) is 0 Å². The molecule has 0 aliphatic carbocycles. The van der Waals surface area contributed by atoms with Crippen LogP contribution in [0.15, 0.2) is 34.1 Å². The van der Waals surface area contributed by atoms with E-state index in [1.807, 2.05) is 12.3 Å². The van der Waals surface area contributed by atoms with Crippen LogP contribution < -0.4 is 0 Å². The van der Waals surface area contributed by atoms with Crippen molar-refractivity contribution in [1.82, 2.24) is 0 Å². The number of allylic oxidation sites excluding steroid dienone is 2. The largest absolute Gasteiger partial charge is 0.264 e. The molecule has 1 nitrogen and oxygen atoms in total. The highest BCUT2D eigenvalue weighted by molar-refractivity contribution is 5.72. The lowest BCUT2D eigenvalue weighted by Crippen LogP contribution is -1.79. The number of nitrogens with zero attached hydrogens (tertiary/aromatic N) is 1. The third kappa shape index (κ3) is 1.46. The fraction of sp³-hybridized carbons (Fsp3) is 0.333. The summed E-state index contributed by atoms with van der Waals surface area (Å²) in [6.07, 6.45) is 6.52. The van der Waals surface area contributed by atoms with Crippen LogP contribution in [0.3, 0.4) is 0 Å². The molecule has 0 saturated heterocycles. The molecule has 52 valence electrons.